The summed E-state index contributed by atoms with van der Waals surface area (Å²) in [6, 6.07) is 2.52. The molecule has 0 atom stereocenters. The predicted molar refractivity (Wildman–Crippen MR) is 53.2 cm³/mol. The third-order valence-corrected chi connectivity index (χ3v) is 2.94. The van der Waals surface area contributed by atoms with Crippen molar-refractivity contribution in [1.29, 1.82) is 0 Å². The second kappa shape index (κ2) is 3.37. The maximum absolute atomic E-state index is 13.9. The normalized spacial score (nSPS) is 16.9. The van der Waals surface area contributed by atoms with E-state index >= 15 is 0 Å². The van der Waals surface area contributed by atoms with Crippen molar-refractivity contribution < 1.29 is 24.1 Å². The number of carboxylic acid groups (broad SMARTS) is 1. The van der Waals surface area contributed by atoms with Crippen LogP contribution in [-0.4, -0.2) is 23.3 Å². The first-order valence-electron chi connectivity index (χ1n) is 4.82. The van der Waals surface area contributed by atoms with Crippen molar-refractivity contribution in [3.05, 3.63) is 23.5 Å². The average molecular weight is 226 g/mol. The molecule has 2 rings (SSSR count). The third kappa shape index (κ3) is 1.31. The number of methoxy groups -OCH3 is 1. The fraction of sp³-hybridized carbons (Fsp3) is 0.364. The van der Waals surface area contributed by atoms with Gasteiger partial charge in [0.25, 0.3) is 0 Å². The van der Waals surface area contributed by atoms with Gasteiger partial charge in [0.1, 0.15) is 5.75 Å². The van der Waals surface area contributed by atoms with Crippen LogP contribution >= 0.6 is 0 Å². The molecular weight excluding hydrogens is 215 g/mol. The van der Waals surface area contributed by atoms with Crippen LogP contribution in [0.5, 0.6) is 11.5 Å². The van der Waals surface area contributed by atoms with Crippen molar-refractivity contribution in [1.82, 2.24) is 0 Å². The minimum atomic E-state index is -1.28. The zero-order valence-electron chi connectivity index (χ0n) is 8.66. The molecule has 0 bridgehead atoms. The van der Waals surface area contributed by atoms with E-state index in [-0.39, 0.29) is 17.1 Å². The molecule has 0 heterocycles. The zero-order valence-corrected chi connectivity index (χ0v) is 8.66. The monoisotopic (exact) mass is 226 g/mol. The highest BCUT2D eigenvalue weighted by Gasteiger charge is 2.55. The van der Waals surface area contributed by atoms with Crippen LogP contribution in [0.3, 0.4) is 0 Å². The third-order valence-electron chi connectivity index (χ3n) is 2.94. The predicted octanol–water partition coefficient (Wildman–Crippen LogP) is 1.66. The highest BCUT2D eigenvalue weighted by Crippen LogP contribution is 2.53. The number of aromatic hydroxyl groups is 1. The van der Waals surface area contributed by atoms with E-state index in [1.54, 1.807) is 0 Å². The van der Waals surface area contributed by atoms with Crippen LogP contribution < -0.4 is 4.74 Å². The number of aliphatic carboxylic acids is 1. The maximum atomic E-state index is 13.9. The van der Waals surface area contributed by atoms with Crippen molar-refractivity contribution in [2.24, 2.45) is 0 Å². The number of carbonyl (C=O) groups is 1. The number of halogens is 1. The van der Waals surface area contributed by atoms with Crippen LogP contribution in [0.4, 0.5) is 4.39 Å². The van der Waals surface area contributed by atoms with Gasteiger partial charge < -0.3 is 14.9 Å². The molecule has 1 aliphatic carbocycles. The fourth-order valence-corrected chi connectivity index (χ4v) is 1.86. The highest BCUT2D eigenvalue weighted by atomic mass is 19.1. The van der Waals surface area contributed by atoms with E-state index in [4.69, 9.17) is 9.84 Å². The van der Waals surface area contributed by atoms with Crippen molar-refractivity contribution in [3.63, 3.8) is 0 Å². The number of ether oxygens (including phenoxy) is 1. The molecule has 1 aliphatic rings. The molecule has 0 aromatic heterocycles. The molecule has 0 saturated heterocycles. The summed E-state index contributed by atoms with van der Waals surface area (Å²) in [6.07, 6.45) is 0.667. The average Bonchev–Trinajstić information content (AvgIpc) is 2.99. The first kappa shape index (κ1) is 10.7. The van der Waals surface area contributed by atoms with E-state index in [9.17, 15) is 14.3 Å². The van der Waals surface area contributed by atoms with Crippen LogP contribution in [0.2, 0.25) is 0 Å². The Bertz CT molecular complexity index is 452. The van der Waals surface area contributed by atoms with Crippen LogP contribution in [0.1, 0.15) is 18.4 Å². The first-order valence-corrected chi connectivity index (χ1v) is 4.82. The van der Waals surface area contributed by atoms with Gasteiger partial charge in [0, 0.05) is 0 Å². The number of carboxylic acids is 1. The van der Waals surface area contributed by atoms with Gasteiger partial charge in [-0.05, 0) is 25.0 Å². The zero-order chi connectivity index (χ0) is 11.9. The fourth-order valence-electron chi connectivity index (χ4n) is 1.86. The summed E-state index contributed by atoms with van der Waals surface area (Å²) in [5.41, 5.74) is -1.44. The molecule has 1 fully saturated rings. The van der Waals surface area contributed by atoms with E-state index in [1.807, 2.05) is 0 Å². The van der Waals surface area contributed by atoms with Gasteiger partial charge in [0.2, 0.25) is 0 Å². The Morgan fingerprint density at radius 1 is 1.50 bits per heavy atom. The number of hydrogen-bond donors (Lipinski definition) is 2. The van der Waals surface area contributed by atoms with E-state index in [1.165, 1.54) is 19.2 Å². The summed E-state index contributed by atoms with van der Waals surface area (Å²) in [4.78, 5) is 11.1. The molecule has 0 amide bonds. The molecular formula is C11H11FO4. The summed E-state index contributed by atoms with van der Waals surface area (Å²) < 4.78 is 18.6. The minimum Gasteiger partial charge on any atom is -0.508 e. The largest absolute Gasteiger partial charge is 0.508 e. The lowest BCUT2D eigenvalue weighted by Crippen LogP contribution is -2.21. The smallest absolute Gasteiger partial charge is 0.314 e. The van der Waals surface area contributed by atoms with Crippen molar-refractivity contribution in [2.75, 3.05) is 7.11 Å². The summed E-state index contributed by atoms with van der Waals surface area (Å²) in [6.45, 7) is 0. The molecule has 0 unspecified atom stereocenters. The summed E-state index contributed by atoms with van der Waals surface area (Å²) in [5, 5.41) is 18.6. The molecule has 0 aliphatic heterocycles. The van der Waals surface area contributed by atoms with Gasteiger partial charge in [0.15, 0.2) is 11.6 Å². The van der Waals surface area contributed by atoms with Crippen molar-refractivity contribution in [2.45, 2.75) is 18.3 Å². The van der Waals surface area contributed by atoms with Crippen LogP contribution in [0.25, 0.3) is 0 Å². The minimum absolute atomic E-state index is 0.0553. The van der Waals surface area contributed by atoms with E-state index < -0.39 is 17.2 Å². The van der Waals surface area contributed by atoms with E-state index in [0.29, 0.717) is 12.8 Å². The topological polar surface area (TPSA) is 66.8 Å². The quantitative estimate of drug-likeness (QED) is 0.822. The second-order valence-corrected chi connectivity index (χ2v) is 3.86. The second-order valence-electron chi connectivity index (χ2n) is 3.86. The summed E-state index contributed by atoms with van der Waals surface area (Å²) in [7, 11) is 1.29. The van der Waals surface area contributed by atoms with Gasteiger partial charge in [-0.1, -0.05) is 0 Å². The Morgan fingerprint density at radius 2 is 2.12 bits per heavy atom. The van der Waals surface area contributed by atoms with Crippen molar-refractivity contribution >= 4 is 5.97 Å². The summed E-state index contributed by atoms with van der Waals surface area (Å²) >= 11 is 0. The lowest BCUT2D eigenvalue weighted by molar-refractivity contribution is -0.140. The Morgan fingerprint density at radius 3 is 2.56 bits per heavy atom. The molecule has 4 nitrogen and oxygen atoms in total. The van der Waals surface area contributed by atoms with Gasteiger partial charge in [-0.25, -0.2) is 4.39 Å². The van der Waals surface area contributed by atoms with E-state index in [2.05, 4.69) is 0 Å². The van der Waals surface area contributed by atoms with Crippen LogP contribution in [0, 0.1) is 5.82 Å². The Balaban J connectivity index is 2.60. The Hall–Kier alpha value is -1.78. The Kier molecular flexibility index (Phi) is 2.26. The molecule has 2 N–H and O–H groups in total. The Labute approximate surface area is 91.3 Å². The molecule has 1 saturated carbocycles. The van der Waals surface area contributed by atoms with E-state index in [0.717, 1.165) is 0 Å². The molecule has 86 valence electrons. The molecule has 1 aromatic carbocycles. The number of benzene rings is 1. The number of rotatable bonds is 3. The molecule has 16 heavy (non-hydrogen) atoms. The summed E-state index contributed by atoms with van der Waals surface area (Å²) in [5.74, 6) is -2.30. The highest BCUT2D eigenvalue weighted by molar-refractivity contribution is 5.86. The van der Waals surface area contributed by atoms with Gasteiger partial charge in [-0.3, -0.25) is 4.79 Å². The van der Waals surface area contributed by atoms with Crippen LogP contribution in [-0.2, 0) is 10.2 Å². The number of phenolic OH excluding ortho intramolecular Hbond substituents is 1. The van der Waals surface area contributed by atoms with Gasteiger partial charge in [-0.2, -0.15) is 0 Å². The lowest BCUT2D eigenvalue weighted by atomic mass is 9.94. The number of hydrogen-bond acceptors (Lipinski definition) is 3. The van der Waals surface area contributed by atoms with Gasteiger partial charge in [0.05, 0.1) is 18.1 Å². The number of phenols is 1. The molecule has 5 heteroatoms. The van der Waals surface area contributed by atoms with Gasteiger partial charge >= 0.3 is 5.97 Å². The molecule has 0 radical (unpaired) electrons. The first-order chi connectivity index (χ1) is 7.53. The van der Waals surface area contributed by atoms with Crippen LogP contribution in [0.15, 0.2) is 12.1 Å². The van der Waals surface area contributed by atoms with Gasteiger partial charge in [-0.15, -0.1) is 0 Å². The standard InChI is InChI=1S/C11H11FO4/c1-16-7-3-2-6(13)8(9(7)12)11(4-5-11)10(14)15/h2-3,13H,4-5H2,1H3,(H,14,15). The van der Waals surface area contributed by atoms with Crippen molar-refractivity contribution in [3.8, 4) is 11.5 Å². The maximum Gasteiger partial charge on any atom is 0.314 e. The lowest BCUT2D eigenvalue weighted by Gasteiger charge is -2.15. The molecule has 1 aromatic rings. The SMILES string of the molecule is COc1ccc(O)c(C2(C(=O)O)CC2)c1F. The molecule has 0 spiro atoms.